The van der Waals surface area contributed by atoms with Crippen LogP contribution in [0, 0.1) is 26.7 Å². The Morgan fingerprint density at radius 2 is 1.91 bits per heavy atom. The quantitative estimate of drug-likeness (QED) is 0.399. The van der Waals surface area contributed by atoms with Gasteiger partial charge in [-0.2, -0.15) is 5.10 Å². The van der Waals surface area contributed by atoms with Crippen LogP contribution in [-0.2, 0) is 13.5 Å². The van der Waals surface area contributed by atoms with Gasteiger partial charge in [-0.25, -0.2) is 8.78 Å². The zero-order valence-electron chi connectivity index (χ0n) is 20.6. The molecule has 1 saturated carbocycles. The summed E-state index contributed by atoms with van der Waals surface area (Å²) >= 11 is 0. The first-order valence-corrected chi connectivity index (χ1v) is 10.8. The van der Waals surface area contributed by atoms with E-state index in [9.17, 15) is 8.78 Å². The molecule has 6 nitrogen and oxygen atoms in total. The second-order valence-corrected chi connectivity index (χ2v) is 8.76. The molecule has 0 aliphatic heterocycles. The Bertz CT molecular complexity index is 1360. The summed E-state index contributed by atoms with van der Waals surface area (Å²) < 4.78 is 54.3. The molecule has 0 aromatic carbocycles. The fraction of sp³-hybridized carbons (Fsp3) is 0.458. The number of pyridine rings is 1. The molecule has 0 bridgehead atoms. The van der Waals surface area contributed by atoms with Crippen molar-refractivity contribution in [2.45, 2.75) is 58.9 Å². The Balaban J connectivity index is 1.71. The van der Waals surface area contributed by atoms with E-state index in [-0.39, 0.29) is 25.7 Å². The van der Waals surface area contributed by atoms with Gasteiger partial charge in [0.05, 0.1) is 25.2 Å². The van der Waals surface area contributed by atoms with Crippen molar-refractivity contribution in [3.05, 3.63) is 41.8 Å². The van der Waals surface area contributed by atoms with Crippen LogP contribution in [0.4, 0.5) is 8.78 Å². The molecule has 1 aliphatic rings. The van der Waals surface area contributed by atoms with Crippen molar-refractivity contribution >= 4 is 11.0 Å². The first-order chi connectivity index (χ1) is 16.0. The van der Waals surface area contributed by atoms with Gasteiger partial charge in [-0.3, -0.25) is 9.67 Å². The van der Waals surface area contributed by atoms with Crippen LogP contribution < -0.4 is 0 Å². The average molecular weight is 442 g/mol. The minimum Gasteiger partial charge on any atom is -0.361 e. The van der Waals surface area contributed by atoms with Gasteiger partial charge in [0.2, 0.25) is 5.92 Å². The maximum absolute atomic E-state index is 13.8. The van der Waals surface area contributed by atoms with E-state index in [1.54, 1.807) is 21.6 Å². The zero-order chi connectivity index (χ0) is 24.4. The van der Waals surface area contributed by atoms with Crippen molar-refractivity contribution in [2.24, 2.45) is 13.0 Å². The van der Waals surface area contributed by atoms with Gasteiger partial charge < -0.3 is 9.09 Å². The smallest absolute Gasteiger partial charge is 0.248 e. The molecule has 5 rings (SSSR count). The fourth-order valence-electron chi connectivity index (χ4n) is 4.67. The van der Waals surface area contributed by atoms with Gasteiger partial charge in [-0.1, -0.05) is 5.16 Å². The summed E-state index contributed by atoms with van der Waals surface area (Å²) in [5.74, 6) is -2.60. The third-order valence-electron chi connectivity index (χ3n) is 6.30. The maximum Gasteiger partial charge on any atom is 0.248 e. The highest BCUT2D eigenvalue weighted by atomic mass is 19.3. The van der Waals surface area contributed by atoms with Crippen molar-refractivity contribution < 1.29 is 16.0 Å². The lowest BCUT2D eigenvalue weighted by atomic mass is 9.87. The monoisotopic (exact) mass is 441 g/mol. The second-order valence-electron chi connectivity index (χ2n) is 8.76. The maximum atomic E-state index is 13.8. The van der Waals surface area contributed by atoms with Crippen LogP contribution >= 0.6 is 0 Å². The summed E-state index contributed by atoms with van der Waals surface area (Å²) in [4.78, 5) is 4.73. The van der Waals surface area contributed by atoms with E-state index < -0.39 is 18.3 Å². The molecule has 0 amide bonds. The molecule has 0 saturated heterocycles. The van der Waals surface area contributed by atoms with Crippen molar-refractivity contribution in [3.8, 4) is 22.3 Å². The third kappa shape index (κ3) is 3.61. The van der Waals surface area contributed by atoms with E-state index in [2.05, 4.69) is 10.3 Å². The number of alkyl halides is 2. The summed E-state index contributed by atoms with van der Waals surface area (Å²) in [6, 6.07) is 1.89. The minimum atomic E-state index is -2.72. The highest BCUT2D eigenvalue weighted by molar-refractivity contribution is 5.95. The summed E-state index contributed by atoms with van der Waals surface area (Å²) in [5, 5.41) is 8.47. The van der Waals surface area contributed by atoms with Gasteiger partial charge in [0.25, 0.3) is 0 Å². The van der Waals surface area contributed by atoms with E-state index in [1.165, 1.54) is 0 Å². The third-order valence-corrected chi connectivity index (χ3v) is 6.30. The van der Waals surface area contributed by atoms with Crippen molar-refractivity contribution in [1.82, 2.24) is 24.5 Å². The van der Waals surface area contributed by atoms with E-state index in [0.29, 0.717) is 16.8 Å². The lowest BCUT2D eigenvalue weighted by molar-refractivity contribution is -0.0472. The van der Waals surface area contributed by atoms with Crippen LogP contribution in [-0.4, -0.2) is 30.4 Å². The molecule has 0 spiro atoms. The fourth-order valence-corrected chi connectivity index (χ4v) is 4.67. The van der Waals surface area contributed by atoms with Gasteiger partial charge in [0.15, 0.2) is 0 Å². The molecule has 4 aromatic rings. The normalized spacial score (nSPS) is 18.2. The number of hydrogen-bond acceptors (Lipinski definition) is 4. The first kappa shape index (κ1) is 18.5. The molecular weight excluding hydrogens is 412 g/mol. The molecular formula is C24H27F2N5O. The number of halogens is 2. The molecule has 0 unspecified atom stereocenters. The predicted molar refractivity (Wildman–Crippen MR) is 119 cm³/mol. The topological polar surface area (TPSA) is 61.7 Å². The molecule has 32 heavy (non-hydrogen) atoms. The van der Waals surface area contributed by atoms with Gasteiger partial charge in [-0.15, -0.1) is 0 Å². The highest BCUT2D eigenvalue weighted by Crippen LogP contribution is 2.39. The molecule has 4 aromatic heterocycles. The Morgan fingerprint density at radius 1 is 1.16 bits per heavy atom. The van der Waals surface area contributed by atoms with E-state index in [1.807, 2.05) is 40.1 Å². The number of aromatic nitrogens is 5. The Kier molecular flexibility index (Phi) is 4.36. The van der Waals surface area contributed by atoms with Gasteiger partial charge in [-0.05, 0) is 45.6 Å². The number of nitrogens with zero attached hydrogens (tertiary/aromatic N) is 5. The van der Waals surface area contributed by atoms with E-state index in [4.69, 9.17) is 12.2 Å². The van der Waals surface area contributed by atoms with Crippen LogP contribution in [0.5, 0.6) is 0 Å². The molecule has 0 N–H and O–H groups in total. The Labute approximate surface area is 188 Å². The molecule has 4 heterocycles. The van der Waals surface area contributed by atoms with Crippen LogP contribution in [0.25, 0.3) is 33.3 Å². The summed E-state index contributed by atoms with van der Waals surface area (Å²) in [5.41, 5.74) is 5.96. The molecule has 168 valence electrons. The van der Waals surface area contributed by atoms with Crippen molar-refractivity contribution in [1.29, 1.82) is 0 Å². The standard InChI is InChI=1S/C24H27F2N5O/c1-14-19(12-30(4)28-14)20-13-31(11-17-5-7-24(25,26)8-6-17)21-9-18(10-27-23(20)21)22-15(2)29-32-16(22)3/h9-10,12-13,17H,5-8,11H2,1-4H3/i11D2. The average Bonchev–Trinajstić information content (AvgIpc) is 3.41. The molecule has 8 heteroatoms. The first-order valence-electron chi connectivity index (χ1n) is 11.8. The number of hydrogen-bond donors (Lipinski definition) is 0. The minimum absolute atomic E-state index is 0.123. The Hall–Kier alpha value is -3.03. The Morgan fingerprint density at radius 3 is 2.53 bits per heavy atom. The van der Waals surface area contributed by atoms with Crippen molar-refractivity contribution in [3.63, 3.8) is 0 Å². The zero-order valence-corrected chi connectivity index (χ0v) is 18.6. The lowest BCUT2D eigenvalue weighted by Crippen LogP contribution is -2.26. The second kappa shape index (κ2) is 7.53. The van der Waals surface area contributed by atoms with Crippen LogP contribution in [0.15, 0.2) is 29.2 Å². The number of fused-ring (bicyclic) bond motifs is 1. The highest BCUT2D eigenvalue weighted by Gasteiger charge is 2.35. The predicted octanol–water partition coefficient (Wildman–Crippen LogP) is 5.84. The van der Waals surface area contributed by atoms with Gasteiger partial charge >= 0.3 is 0 Å². The van der Waals surface area contributed by atoms with Gasteiger partial charge in [0, 0.05) is 67.2 Å². The largest absolute Gasteiger partial charge is 0.361 e. The number of rotatable bonds is 4. The van der Waals surface area contributed by atoms with Crippen LogP contribution in [0.1, 0.15) is 45.6 Å². The van der Waals surface area contributed by atoms with E-state index in [0.717, 1.165) is 33.6 Å². The molecule has 1 fully saturated rings. The lowest BCUT2D eigenvalue weighted by Gasteiger charge is -2.28. The number of aryl methyl sites for hydroxylation is 4. The molecule has 0 atom stereocenters. The summed E-state index contributed by atoms with van der Waals surface area (Å²) in [7, 11) is 1.83. The van der Waals surface area contributed by atoms with Crippen molar-refractivity contribution in [2.75, 3.05) is 0 Å². The SMILES string of the molecule is [2H]C([2H])(C1CCC(F)(F)CC1)n1cc(-c2cn(C)nc2C)c2ncc(-c3c(C)noc3C)cc21. The summed E-state index contributed by atoms with van der Waals surface area (Å²) in [6.07, 6.45) is 5.03. The van der Waals surface area contributed by atoms with Crippen LogP contribution in [0.2, 0.25) is 0 Å². The molecule has 1 aliphatic carbocycles. The van der Waals surface area contributed by atoms with Gasteiger partial charge in [0.1, 0.15) is 5.76 Å². The molecule has 0 radical (unpaired) electrons. The summed E-state index contributed by atoms with van der Waals surface area (Å²) in [6.45, 7) is 3.70. The van der Waals surface area contributed by atoms with E-state index >= 15 is 0 Å². The van der Waals surface area contributed by atoms with Crippen LogP contribution in [0.3, 0.4) is 0 Å².